The topological polar surface area (TPSA) is 72.5 Å². The van der Waals surface area contributed by atoms with Crippen LogP contribution in [-0.4, -0.2) is 10.1 Å². The minimum absolute atomic E-state index is 0.0709. The molecular weight excluding hydrogens is 381 g/mol. The Labute approximate surface area is 163 Å². The highest BCUT2D eigenvalue weighted by atomic mass is 32.1. The molecule has 0 aliphatic heterocycles. The van der Waals surface area contributed by atoms with Gasteiger partial charge < -0.3 is 14.4 Å². The van der Waals surface area contributed by atoms with Crippen molar-refractivity contribution in [2.45, 2.75) is 6.92 Å². The third-order valence-corrected chi connectivity index (χ3v) is 5.08. The number of thiocarbonyl (C=S) groups is 1. The molecular formula is C19H18N3O3PS. The number of pyridine rings is 1. The molecule has 138 valence electrons. The lowest BCUT2D eigenvalue weighted by atomic mass is 10.3. The minimum atomic E-state index is -3.85. The number of para-hydroxylation sites is 2. The summed E-state index contributed by atoms with van der Waals surface area (Å²) in [7, 11) is -3.85. The Morgan fingerprint density at radius 1 is 0.926 bits per heavy atom. The summed E-state index contributed by atoms with van der Waals surface area (Å²) in [5.74, 6) is 1.30. The van der Waals surface area contributed by atoms with E-state index in [4.69, 9.17) is 21.3 Å². The van der Waals surface area contributed by atoms with Crippen molar-refractivity contribution in [3.05, 3.63) is 84.6 Å². The summed E-state index contributed by atoms with van der Waals surface area (Å²) in [5, 5.41) is 5.59. The van der Waals surface area contributed by atoms with Crippen LogP contribution in [-0.2, 0) is 4.57 Å². The van der Waals surface area contributed by atoms with Gasteiger partial charge >= 0.3 is 7.75 Å². The standard InChI is InChI=1S/C19H18N3O3PS/c1-15-12-13-18(20-14-15)21-19(27)22-26(23,24-16-8-4-2-5-9-16)25-17-10-6-3-7-11-17/h2-14H,1H3,(H2,20,21,22,23,27). The van der Waals surface area contributed by atoms with E-state index in [9.17, 15) is 4.57 Å². The summed E-state index contributed by atoms with van der Waals surface area (Å²) in [6, 6.07) is 21.1. The number of benzene rings is 2. The maximum atomic E-state index is 13.3. The molecule has 0 spiro atoms. The number of nitrogens with zero attached hydrogens (tertiary/aromatic N) is 1. The molecule has 0 bridgehead atoms. The number of nitrogens with one attached hydrogen (secondary N) is 2. The Bertz CT molecular complexity index is 892. The molecule has 0 radical (unpaired) electrons. The van der Waals surface area contributed by atoms with Gasteiger partial charge in [-0.25, -0.2) is 14.6 Å². The van der Waals surface area contributed by atoms with Crippen molar-refractivity contribution in [2.24, 2.45) is 0 Å². The monoisotopic (exact) mass is 399 g/mol. The Hall–Kier alpha value is -2.89. The number of anilines is 1. The van der Waals surface area contributed by atoms with Gasteiger partial charge in [-0.1, -0.05) is 42.5 Å². The van der Waals surface area contributed by atoms with E-state index < -0.39 is 7.75 Å². The zero-order chi connectivity index (χ0) is 19.1. The fourth-order valence-corrected chi connectivity index (χ4v) is 3.79. The highest BCUT2D eigenvalue weighted by molar-refractivity contribution is 7.81. The average Bonchev–Trinajstić information content (AvgIpc) is 2.65. The maximum Gasteiger partial charge on any atom is 0.543 e. The lowest BCUT2D eigenvalue weighted by Gasteiger charge is -2.21. The smallest absolute Gasteiger partial charge is 0.400 e. The molecule has 0 saturated heterocycles. The van der Waals surface area contributed by atoms with Gasteiger partial charge in [0.2, 0.25) is 0 Å². The van der Waals surface area contributed by atoms with Crippen LogP contribution in [0.5, 0.6) is 11.5 Å². The molecule has 0 fully saturated rings. The summed E-state index contributed by atoms with van der Waals surface area (Å²) in [6.07, 6.45) is 1.70. The largest absolute Gasteiger partial charge is 0.543 e. The lowest BCUT2D eigenvalue weighted by Crippen LogP contribution is -2.30. The second-order valence-corrected chi connectivity index (χ2v) is 7.58. The molecule has 0 saturated carbocycles. The highest BCUT2D eigenvalue weighted by Crippen LogP contribution is 2.44. The normalized spacial score (nSPS) is 10.7. The van der Waals surface area contributed by atoms with Gasteiger partial charge in [-0.3, -0.25) is 0 Å². The molecule has 0 amide bonds. The van der Waals surface area contributed by atoms with Gasteiger partial charge in [-0.05, 0) is 55.0 Å². The Morgan fingerprint density at radius 3 is 1.96 bits per heavy atom. The average molecular weight is 399 g/mol. The van der Waals surface area contributed by atoms with Gasteiger partial charge in [0.25, 0.3) is 0 Å². The van der Waals surface area contributed by atoms with Crippen LogP contribution in [0.3, 0.4) is 0 Å². The van der Waals surface area contributed by atoms with Gasteiger partial charge in [0, 0.05) is 6.20 Å². The van der Waals surface area contributed by atoms with Gasteiger partial charge in [0.15, 0.2) is 5.11 Å². The van der Waals surface area contributed by atoms with E-state index in [1.807, 2.05) is 25.1 Å². The number of aromatic nitrogens is 1. The summed E-state index contributed by atoms with van der Waals surface area (Å²) < 4.78 is 24.5. The first-order valence-corrected chi connectivity index (χ1v) is 10.1. The molecule has 2 aromatic carbocycles. The molecule has 27 heavy (non-hydrogen) atoms. The first-order valence-electron chi connectivity index (χ1n) is 8.14. The molecule has 6 nitrogen and oxygen atoms in total. The van der Waals surface area contributed by atoms with Crippen LogP contribution in [0.1, 0.15) is 5.56 Å². The van der Waals surface area contributed by atoms with E-state index in [1.165, 1.54) is 0 Å². The number of aryl methyl sites for hydroxylation is 1. The van der Waals surface area contributed by atoms with E-state index in [1.54, 1.807) is 60.8 Å². The van der Waals surface area contributed by atoms with Gasteiger partial charge in [0.05, 0.1) is 0 Å². The molecule has 8 heteroatoms. The third kappa shape index (κ3) is 5.81. The van der Waals surface area contributed by atoms with Crippen LogP contribution < -0.4 is 19.5 Å². The minimum Gasteiger partial charge on any atom is -0.400 e. The van der Waals surface area contributed by atoms with E-state index in [-0.39, 0.29) is 5.11 Å². The van der Waals surface area contributed by atoms with Crippen molar-refractivity contribution in [3.63, 3.8) is 0 Å². The Morgan fingerprint density at radius 2 is 1.48 bits per heavy atom. The van der Waals surface area contributed by atoms with Crippen molar-refractivity contribution in [1.82, 2.24) is 10.1 Å². The number of hydrogen-bond acceptors (Lipinski definition) is 5. The fraction of sp³-hybridized carbons (Fsp3) is 0.0526. The Balaban J connectivity index is 1.77. The maximum absolute atomic E-state index is 13.3. The summed E-state index contributed by atoms with van der Waals surface area (Å²) in [4.78, 5) is 4.21. The summed E-state index contributed by atoms with van der Waals surface area (Å²) in [6.45, 7) is 1.93. The molecule has 2 N–H and O–H groups in total. The van der Waals surface area contributed by atoms with E-state index in [0.29, 0.717) is 17.3 Å². The van der Waals surface area contributed by atoms with Crippen molar-refractivity contribution in [3.8, 4) is 11.5 Å². The molecule has 0 unspecified atom stereocenters. The molecule has 1 heterocycles. The molecule has 0 atom stereocenters. The van der Waals surface area contributed by atoms with E-state index in [0.717, 1.165) is 5.56 Å². The van der Waals surface area contributed by atoms with E-state index >= 15 is 0 Å². The van der Waals surface area contributed by atoms with Crippen LogP contribution in [0.4, 0.5) is 5.82 Å². The second-order valence-electron chi connectivity index (χ2n) is 5.59. The number of hydrogen-bond donors (Lipinski definition) is 2. The first kappa shape index (κ1) is 18.9. The molecule has 0 aliphatic carbocycles. The quantitative estimate of drug-likeness (QED) is 0.449. The van der Waals surface area contributed by atoms with Crippen molar-refractivity contribution in [2.75, 3.05) is 5.32 Å². The fourth-order valence-electron chi connectivity index (χ4n) is 2.11. The highest BCUT2D eigenvalue weighted by Gasteiger charge is 2.30. The lowest BCUT2D eigenvalue weighted by molar-refractivity contribution is 0.381. The van der Waals surface area contributed by atoms with E-state index in [2.05, 4.69) is 15.4 Å². The predicted octanol–water partition coefficient (Wildman–Crippen LogP) is 4.94. The van der Waals surface area contributed by atoms with Gasteiger partial charge in [0.1, 0.15) is 17.3 Å². The van der Waals surface area contributed by atoms with Gasteiger partial charge in [-0.15, -0.1) is 0 Å². The number of rotatable bonds is 6. The van der Waals surface area contributed by atoms with Crippen molar-refractivity contribution in [1.29, 1.82) is 0 Å². The second kappa shape index (κ2) is 8.66. The molecule has 0 aliphatic rings. The summed E-state index contributed by atoms with van der Waals surface area (Å²) >= 11 is 5.26. The van der Waals surface area contributed by atoms with Crippen LogP contribution in [0, 0.1) is 6.92 Å². The zero-order valence-electron chi connectivity index (χ0n) is 14.5. The third-order valence-electron chi connectivity index (χ3n) is 3.33. The SMILES string of the molecule is Cc1ccc(NC(=S)NP(=O)(Oc2ccccc2)Oc2ccccc2)nc1. The molecule has 3 aromatic rings. The van der Waals surface area contributed by atoms with Crippen LogP contribution in [0.15, 0.2) is 79.0 Å². The summed E-state index contributed by atoms with van der Waals surface area (Å²) in [5.41, 5.74) is 1.02. The zero-order valence-corrected chi connectivity index (χ0v) is 16.2. The first-order chi connectivity index (χ1) is 13.0. The molecule has 1 aromatic heterocycles. The predicted molar refractivity (Wildman–Crippen MR) is 110 cm³/mol. The van der Waals surface area contributed by atoms with Crippen LogP contribution in [0.2, 0.25) is 0 Å². The van der Waals surface area contributed by atoms with Crippen LogP contribution in [0.25, 0.3) is 0 Å². The van der Waals surface area contributed by atoms with Crippen molar-refractivity contribution < 1.29 is 13.6 Å². The Kier molecular flexibility index (Phi) is 6.06. The molecule has 3 rings (SSSR count). The van der Waals surface area contributed by atoms with Crippen LogP contribution >= 0.6 is 20.0 Å². The van der Waals surface area contributed by atoms with Crippen molar-refractivity contribution >= 4 is 30.9 Å². The van der Waals surface area contributed by atoms with Gasteiger partial charge in [-0.2, -0.15) is 0 Å².